The molecule has 0 radical (unpaired) electrons. The van der Waals surface area contributed by atoms with Crippen LogP contribution in [0.15, 0.2) is 24.3 Å². The molecule has 4 nitrogen and oxygen atoms in total. The Balaban J connectivity index is 1.70. The van der Waals surface area contributed by atoms with Crippen LogP contribution in [-0.2, 0) is 0 Å². The first-order chi connectivity index (χ1) is 10.7. The van der Waals surface area contributed by atoms with Gasteiger partial charge in [0.05, 0.1) is 5.56 Å². The zero-order chi connectivity index (χ0) is 15.5. The van der Waals surface area contributed by atoms with Crippen LogP contribution >= 0.6 is 0 Å². The molecule has 1 amide bonds. The number of nitrogens with two attached hydrogens (primary N) is 1. The van der Waals surface area contributed by atoms with Gasteiger partial charge in [-0.25, -0.2) is 0 Å². The summed E-state index contributed by atoms with van der Waals surface area (Å²) in [6.45, 7) is 4.79. The molecular weight excluding hydrogens is 274 g/mol. The zero-order valence-corrected chi connectivity index (χ0v) is 13.4. The molecule has 1 aromatic carbocycles. The summed E-state index contributed by atoms with van der Waals surface area (Å²) < 4.78 is 0. The molecule has 120 valence electrons. The minimum absolute atomic E-state index is 0.154. The normalized spacial score (nSPS) is 27.0. The van der Waals surface area contributed by atoms with Gasteiger partial charge in [-0.1, -0.05) is 25.5 Å². The Hall–Kier alpha value is -1.55. The van der Waals surface area contributed by atoms with Crippen molar-refractivity contribution in [1.82, 2.24) is 4.90 Å². The maximum Gasteiger partial charge on any atom is 0.255 e. The molecule has 0 bridgehead atoms. The van der Waals surface area contributed by atoms with Crippen molar-refractivity contribution in [2.45, 2.75) is 38.6 Å². The van der Waals surface area contributed by atoms with Crippen LogP contribution in [0, 0.1) is 11.8 Å². The minimum atomic E-state index is 0.154. The lowest BCUT2D eigenvalue weighted by Gasteiger charge is -2.20. The van der Waals surface area contributed by atoms with Gasteiger partial charge in [-0.3, -0.25) is 4.79 Å². The number of amides is 1. The van der Waals surface area contributed by atoms with Gasteiger partial charge >= 0.3 is 0 Å². The Morgan fingerprint density at radius 2 is 2.14 bits per heavy atom. The van der Waals surface area contributed by atoms with E-state index in [1.165, 1.54) is 6.42 Å². The fourth-order valence-corrected chi connectivity index (χ4v) is 3.87. The molecule has 1 aliphatic heterocycles. The molecule has 2 aliphatic rings. The summed E-state index contributed by atoms with van der Waals surface area (Å²) in [5, 5.41) is 3.41. The first-order valence-electron chi connectivity index (χ1n) is 8.58. The molecule has 1 aromatic rings. The molecule has 4 heteroatoms. The number of hydrogen-bond acceptors (Lipinski definition) is 3. The third-order valence-electron chi connectivity index (χ3n) is 5.20. The van der Waals surface area contributed by atoms with Crippen LogP contribution in [0.3, 0.4) is 0 Å². The highest BCUT2D eigenvalue weighted by Crippen LogP contribution is 2.38. The van der Waals surface area contributed by atoms with E-state index in [1.54, 1.807) is 0 Å². The average Bonchev–Trinajstić information content (AvgIpc) is 3.10. The smallest absolute Gasteiger partial charge is 0.255 e. The van der Waals surface area contributed by atoms with Gasteiger partial charge in [0.1, 0.15) is 0 Å². The van der Waals surface area contributed by atoms with Crippen LogP contribution in [0.1, 0.15) is 43.0 Å². The Bertz CT molecular complexity index is 531. The van der Waals surface area contributed by atoms with Gasteiger partial charge in [0.15, 0.2) is 0 Å². The molecule has 22 heavy (non-hydrogen) atoms. The fourth-order valence-electron chi connectivity index (χ4n) is 3.87. The fraction of sp³-hybridized carbons (Fsp3) is 0.611. The number of benzene rings is 1. The van der Waals surface area contributed by atoms with Crippen molar-refractivity contribution in [2.75, 3.05) is 25.0 Å². The van der Waals surface area contributed by atoms with Gasteiger partial charge in [0, 0.05) is 31.4 Å². The molecule has 3 unspecified atom stereocenters. The Kier molecular flexibility index (Phi) is 4.67. The largest absolute Gasteiger partial charge is 0.384 e. The van der Waals surface area contributed by atoms with E-state index in [1.807, 2.05) is 29.2 Å². The van der Waals surface area contributed by atoms with Crippen LogP contribution in [0.2, 0.25) is 0 Å². The molecule has 3 N–H and O–H groups in total. The molecule has 1 saturated carbocycles. The highest BCUT2D eigenvalue weighted by atomic mass is 16.2. The van der Waals surface area contributed by atoms with Crippen molar-refractivity contribution in [2.24, 2.45) is 17.6 Å². The summed E-state index contributed by atoms with van der Waals surface area (Å²) in [7, 11) is 0. The number of nitrogens with one attached hydrogen (secondary N) is 1. The lowest BCUT2D eigenvalue weighted by atomic mass is 9.98. The van der Waals surface area contributed by atoms with Gasteiger partial charge < -0.3 is 16.0 Å². The van der Waals surface area contributed by atoms with Gasteiger partial charge in [-0.05, 0) is 43.2 Å². The van der Waals surface area contributed by atoms with E-state index < -0.39 is 0 Å². The van der Waals surface area contributed by atoms with Crippen LogP contribution in [0.4, 0.5) is 5.69 Å². The number of likely N-dealkylation sites (tertiary alicyclic amines) is 1. The average molecular weight is 301 g/mol. The first-order valence-corrected chi connectivity index (χ1v) is 8.58. The lowest BCUT2D eigenvalue weighted by Crippen LogP contribution is -2.33. The summed E-state index contributed by atoms with van der Waals surface area (Å²) in [4.78, 5) is 14.9. The highest BCUT2D eigenvalue weighted by Gasteiger charge is 2.42. The van der Waals surface area contributed by atoms with Crippen LogP contribution in [-0.4, -0.2) is 36.5 Å². The number of nitrogens with zero attached hydrogens (tertiary/aromatic N) is 1. The highest BCUT2D eigenvalue weighted by molar-refractivity contribution is 5.99. The predicted octanol–water partition coefficient (Wildman–Crippen LogP) is 2.71. The molecule has 1 heterocycles. The van der Waals surface area contributed by atoms with E-state index in [2.05, 4.69) is 12.2 Å². The number of anilines is 1. The van der Waals surface area contributed by atoms with Crippen LogP contribution in [0.5, 0.6) is 0 Å². The molecule has 1 saturated heterocycles. The van der Waals surface area contributed by atoms with E-state index in [4.69, 9.17) is 5.73 Å². The Morgan fingerprint density at radius 1 is 1.32 bits per heavy atom. The maximum atomic E-state index is 12.9. The SMILES string of the molecule is CCCCNc1ccccc1C(=O)N1CC2CCC(N)C2C1. The van der Waals surface area contributed by atoms with Crippen LogP contribution in [0.25, 0.3) is 0 Å². The zero-order valence-electron chi connectivity index (χ0n) is 13.4. The quantitative estimate of drug-likeness (QED) is 0.822. The summed E-state index contributed by atoms with van der Waals surface area (Å²) in [5.74, 6) is 1.27. The van der Waals surface area contributed by atoms with Crippen molar-refractivity contribution in [3.05, 3.63) is 29.8 Å². The molecule has 0 spiro atoms. The molecule has 2 fully saturated rings. The lowest BCUT2D eigenvalue weighted by molar-refractivity contribution is 0.0780. The number of fused-ring (bicyclic) bond motifs is 1. The van der Waals surface area contributed by atoms with Crippen molar-refractivity contribution in [1.29, 1.82) is 0 Å². The van der Waals surface area contributed by atoms with E-state index in [0.29, 0.717) is 11.8 Å². The number of carbonyl (C=O) groups is 1. The summed E-state index contributed by atoms with van der Waals surface area (Å²) in [6, 6.07) is 8.15. The molecule has 1 aliphatic carbocycles. The Labute approximate surface area is 133 Å². The third kappa shape index (κ3) is 2.98. The summed E-state index contributed by atoms with van der Waals surface area (Å²) in [6.07, 6.45) is 4.56. The summed E-state index contributed by atoms with van der Waals surface area (Å²) in [5.41, 5.74) is 7.94. The van der Waals surface area contributed by atoms with Crippen molar-refractivity contribution in [3.63, 3.8) is 0 Å². The summed E-state index contributed by atoms with van der Waals surface area (Å²) >= 11 is 0. The number of unbranched alkanes of at least 4 members (excludes halogenated alkanes) is 1. The number of rotatable bonds is 5. The third-order valence-corrected chi connectivity index (χ3v) is 5.20. The van der Waals surface area contributed by atoms with Gasteiger partial charge in [0.25, 0.3) is 5.91 Å². The van der Waals surface area contributed by atoms with Crippen molar-refractivity contribution < 1.29 is 4.79 Å². The van der Waals surface area contributed by atoms with Crippen LogP contribution < -0.4 is 11.1 Å². The molecule has 3 rings (SSSR count). The maximum absolute atomic E-state index is 12.9. The molecule has 3 atom stereocenters. The number of para-hydroxylation sites is 1. The standard InChI is InChI=1S/C18H27N3O/c1-2-3-10-20-17-7-5-4-6-14(17)18(22)21-11-13-8-9-16(19)15(13)12-21/h4-7,13,15-16,20H,2-3,8-12,19H2,1H3. The molecular formula is C18H27N3O. The van der Waals surface area contributed by atoms with Crippen molar-refractivity contribution >= 4 is 11.6 Å². The second-order valence-electron chi connectivity index (χ2n) is 6.70. The van der Waals surface area contributed by atoms with Crippen molar-refractivity contribution in [3.8, 4) is 0 Å². The second kappa shape index (κ2) is 6.69. The van der Waals surface area contributed by atoms with Gasteiger partial charge in [-0.2, -0.15) is 0 Å². The topological polar surface area (TPSA) is 58.4 Å². The Morgan fingerprint density at radius 3 is 2.91 bits per heavy atom. The van der Waals surface area contributed by atoms with E-state index >= 15 is 0 Å². The second-order valence-corrected chi connectivity index (χ2v) is 6.70. The molecule has 0 aromatic heterocycles. The van der Waals surface area contributed by atoms with E-state index in [0.717, 1.165) is 50.1 Å². The predicted molar refractivity (Wildman–Crippen MR) is 89.9 cm³/mol. The van der Waals surface area contributed by atoms with E-state index in [-0.39, 0.29) is 11.9 Å². The van der Waals surface area contributed by atoms with Gasteiger partial charge in [-0.15, -0.1) is 0 Å². The first kappa shape index (κ1) is 15.3. The van der Waals surface area contributed by atoms with E-state index in [9.17, 15) is 4.79 Å². The minimum Gasteiger partial charge on any atom is -0.384 e. The number of carbonyl (C=O) groups excluding carboxylic acids is 1. The number of hydrogen-bond donors (Lipinski definition) is 2. The monoisotopic (exact) mass is 301 g/mol. The van der Waals surface area contributed by atoms with Gasteiger partial charge in [0.2, 0.25) is 0 Å².